The monoisotopic (exact) mass is 406 g/mol. The second-order valence-electron chi connectivity index (χ2n) is 7.20. The van der Waals surface area contributed by atoms with Crippen LogP contribution in [-0.2, 0) is 11.2 Å². The van der Waals surface area contributed by atoms with Crippen molar-refractivity contribution in [2.75, 3.05) is 19.6 Å². The van der Waals surface area contributed by atoms with Crippen molar-refractivity contribution in [2.24, 2.45) is 5.92 Å². The maximum Gasteiger partial charge on any atom is 0.251 e. The van der Waals surface area contributed by atoms with Crippen molar-refractivity contribution in [3.05, 3.63) is 60.4 Å². The van der Waals surface area contributed by atoms with Gasteiger partial charge < -0.3 is 14.7 Å². The van der Waals surface area contributed by atoms with Gasteiger partial charge in [0.1, 0.15) is 5.69 Å². The summed E-state index contributed by atoms with van der Waals surface area (Å²) in [5.41, 5.74) is 1.10. The van der Waals surface area contributed by atoms with Gasteiger partial charge in [0.15, 0.2) is 0 Å². The summed E-state index contributed by atoms with van der Waals surface area (Å²) < 4.78 is 5.36. The molecule has 3 aromatic rings. The summed E-state index contributed by atoms with van der Waals surface area (Å²) in [6.07, 6.45) is 7.21. The highest BCUT2D eigenvalue weighted by atomic mass is 16.5. The molecule has 2 amide bonds. The van der Waals surface area contributed by atoms with Crippen LogP contribution in [0.2, 0.25) is 0 Å². The van der Waals surface area contributed by atoms with E-state index in [0.717, 1.165) is 12.8 Å². The molecule has 4 rings (SSSR count). The normalized spacial score (nSPS) is 16.3. The Morgan fingerprint density at radius 1 is 1.20 bits per heavy atom. The zero-order valence-corrected chi connectivity index (χ0v) is 16.4. The SMILES string of the molecule is O=C(NCC(=O)N1CCCC(Cc2nc(-c3cnccn3)no2)C1)c1ccccc1. The van der Waals surface area contributed by atoms with Gasteiger partial charge in [0.05, 0.1) is 12.7 Å². The molecule has 0 radical (unpaired) electrons. The molecule has 3 heterocycles. The van der Waals surface area contributed by atoms with Gasteiger partial charge in [-0.2, -0.15) is 4.98 Å². The lowest BCUT2D eigenvalue weighted by atomic mass is 9.94. The molecule has 0 aliphatic carbocycles. The molecule has 1 saturated heterocycles. The van der Waals surface area contributed by atoms with Crippen LogP contribution in [0, 0.1) is 5.92 Å². The minimum absolute atomic E-state index is 0.0160. The third-order valence-electron chi connectivity index (χ3n) is 5.03. The van der Waals surface area contributed by atoms with Gasteiger partial charge in [0.2, 0.25) is 17.6 Å². The Kier molecular flexibility index (Phi) is 6.07. The van der Waals surface area contributed by atoms with Crippen LogP contribution in [0.15, 0.2) is 53.4 Å². The first-order valence-corrected chi connectivity index (χ1v) is 9.89. The van der Waals surface area contributed by atoms with Crippen LogP contribution in [0.25, 0.3) is 11.5 Å². The molecule has 1 aliphatic rings. The number of carbonyl (C=O) groups is 2. The molecule has 0 bridgehead atoms. The van der Waals surface area contributed by atoms with Crippen molar-refractivity contribution < 1.29 is 14.1 Å². The highest BCUT2D eigenvalue weighted by molar-refractivity contribution is 5.96. The lowest BCUT2D eigenvalue weighted by molar-refractivity contribution is -0.131. The molecule has 1 aromatic carbocycles. The van der Waals surface area contributed by atoms with Gasteiger partial charge in [-0.1, -0.05) is 23.4 Å². The third-order valence-corrected chi connectivity index (χ3v) is 5.03. The molecule has 30 heavy (non-hydrogen) atoms. The molecule has 1 fully saturated rings. The molecule has 2 aromatic heterocycles. The fourth-order valence-electron chi connectivity index (χ4n) is 3.52. The van der Waals surface area contributed by atoms with E-state index in [9.17, 15) is 9.59 Å². The van der Waals surface area contributed by atoms with Crippen LogP contribution in [-0.4, -0.2) is 56.5 Å². The summed E-state index contributed by atoms with van der Waals surface area (Å²) in [7, 11) is 0. The average molecular weight is 406 g/mol. The summed E-state index contributed by atoms with van der Waals surface area (Å²) in [6, 6.07) is 8.86. The highest BCUT2D eigenvalue weighted by Crippen LogP contribution is 2.21. The number of hydrogen-bond donors (Lipinski definition) is 1. The molecule has 0 saturated carbocycles. The third kappa shape index (κ3) is 4.86. The predicted molar refractivity (Wildman–Crippen MR) is 107 cm³/mol. The van der Waals surface area contributed by atoms with E-state index in [2.05, 4.69) is 25.4 Å². The number of hydrogen-bond acceptors (Lipinski definition) is 7. The second-order valence-corrected chi connectivity index (χ2v) is 7.20. The molecule has 1 unspecified atom stereocenters. The maximum atomic E-state index is 12.6. The summed E-state index contributed by atoms with van der Waals surface area (Å²) >= 11 is 0. The fourth-order valence-corrected chi connectivity index (χ4v) is 3.52. The Morgan fingerprint density at radius 3 is 2.87 bits per heavy atom. The van der Waals surface area contributed by atoms with Crippen LogP contribution in [0.4, 0.5) is 0 Å². The number of rotatable bonds is 6. The van der Waals surface area contributed by atoms with E-state index in [1.165, 1.54) is 0 Å². The number of benzene rings is 1. The van der Waals surface area contributed by atoms with Crippen LogP contribution in [0.3, 0.4) is 0 Å². The average Bonchev–Trinajstić information content (AvgIpc) is 3.27. The molecule has 1 aliphatic heterocycles. The van der Waals surface area contributed by atoms with Crippen molar-refractivity contribution >= 4 is 11.8 Å². The van der Waals surface area contributed by atoms with Crippen molar-refractivity contribution in [1.82, 2.24) is 30.3 Å². The molecule has 1 N–H and O–H groups in total. The van der Waals surface area contributed by atoms with E-state index >= 15 is 0 Å². The molecule has 1 atom stereocenters. The topological polar surface area (TPSA) is 114 Å². The molecule has 154 valence electrons. The minimum atomic E-state index is -0.250. The van der Waals surface area contributed by atoms with Gasteiger partial charge in [-0.15, -0.1) is 0 Å². The van der Waals surface area contributed by atoms with E-state index in [4.69, 9.17) is 4.52 Å². The van der Waals surface area contributed by atoms with Gasteiger partial charge in [-0.05, 0) is 30.9 Å². The second kappa shape index (κ2) is 9.25. The zero-order valence-electron chi connectivity index (χ0n) is 16.4. The summed E-state index contributed by atoms with van der Waals surface area (Å²) in [5, 5.41) is 6.67. The van der Waals surface area contributed by atoms with E-state index in [1.807, 2.05) is 6.07 Å². The van der Waals surface area contributed by atoms with Crippen LogP contribution >= 0.6 is 0 Å². The first kappa shape index (κ1) is 19.7. The predicted octanol–water partition coefficient (Wildman–Crippen LogP) is 1.74. The molecular formula is C21H22N6O3. The van der Waals surface area contributed by atoms with Gasteiger partial charge in [-0.25, -0.2) is 4.98 Å². The molecule has 9 nitrogen and oxygen atoms in total. The van der Waals surface area contributed by atoms with Gasteiger partial charge in [-0.3, -0.25) is 14.6 Å². The standard InChI is InChI=1S/C21H22N6O3/c28-19(13-24-21(29)16-6-2-1-3-7-16)27-10-4-5-15(14-27)11-18-25-20(26-30-18)17-12-22-8-9-23-17/h1-3,6-9,12,15H,4-5,10-11,13-14H2,(H,24,29). The van der Waals surface area contributed by atoms with E-state index < -0.39 is 0 Å². The molecule has 9 heteroatoms. The van der Waals surface area contributed by atoms with Crippen molar-refractivity contribution in [1.29, 1.82) is 0 Å². The smallest absolute Gasteiger partial charge is 0.251 e. The number of aromatic nitrogens is 4. The minimum Gasteiger partial charge on any atom is -0.343 e. The van der Waals surface area contributed by atoms with E-state index in [-0.39, 0.29) is 24.3 Å². The Balaban J connectivity index is 1.29. The van der Waals surface area contributed by atoms with E-state index in [1.54, 1.807) is 47.8 Å². The number of nitrogens with zero attached hydrogens (tertiary/aromatic N) is 5. The number of likely N-dealkylation sites (tertiary alicyclic amines) is 1. The number of piperidine rings is 1. The van der Waals surface area contributed by atoms with Crippen molar-refractivity contribution in [2.45, 2.75) is 19.3 Å². The Labute approximate surface area is 173 Å². The van der Waals surface area contributed by atoms with Crippen molar-refractivity contribution in [3.8, 4) is 11.5 Å². The van der Waals surface area contributed by atoms with Gasteiger partial charge in [0, 0.05) is 37.5 Å². The fraction of sp³-hybridized carbons (Fsp3) is 0.333. The molecular weight excluding hydrogens is 384 g/mol. The van der Waals surface area contributed by atoms with Gasteiger partial charge in [0.25, 0.3) is 5.91 Å². The van der Waals surface area contributed by atoms with Crippen molar-refractivity contribution in [3.63, 3.8) is 0 Å². The lowest BCUT2D eigenvalue weighted by Crippen LogP contribution is -2.45. The Hall–Kier alpha value is -3.62. The van der Waals surface area contributed by atoms with Gasteiger partial charge >= 0.3 is 0 Å². The highest BCUT2D eigenvalue weighted by Gasteiger charge is 2.26. The zero-order chi connectivity index (χ0) is 20.8. The lowest BCUT2D eigenvalue weighted by Gasteiger charge is -2.32. The Bertz CT molecular complexity index is 992. The largest absolute Gasteiger partial charge is 0.343 e. The molecule has 0 spiro atoms. The first-order valence-electron chi connectivity index (χ1n) is 9.89. The summed E-state index contributed by atoms with van der Waals surface area (Å²) in [4.78, 5) is 39.1. The number of nitrogens with one attached hydrogen (secondary N) is 1. The van der Waals surface area contributed by atoms with Crippen LogP contribution in [0.5, 0.6) is 0 Å². The van der Waals surface area contributed by atoms with Crippen LogP contribution in [0.1, 0.15) is 29.1 Å². The summed E-state index contributed by atoms with van der Waals surface area (Å²) in [6.45, 7) is 1.27. The number of carbonyl (C=O) groups excluding carboxylic acids is 2. The maximum absolute atomic E-state index is 12.6. The first-order chi connectivity index (χ1) is 14.7. The summed E-state index contributed by atoms with van der Waals surface area (Å²) in [5.74, 6) is 0.815. The Morgan fingerprint density at radius 2 is 2.07 bits per heavy atom. The van der Waals surface area contributed by atoms with E-state index in [0.29, 0.717) is 42.5 Å². The van der Waals surface area contributed by atoms with Crippen LogP contribution < -0.4 is 5.32 Å². The quantitative estimate of drug-likeness (QED) is 0.663. The number of amides is 2.